The summed E-state index contributed by atoms with van der Waals surface area (Å²) in [6, 6.07) is -1.53. The number of nitrogens with one attached hydrogen (secondary N) is 1. The highest BCUT2D eigenvalue weighted by molar-refractivity contribution is 5.93. The first-order chi connectivity index (χ1) is 18.7. The summed E-state index contributed by atoms with van der Waals surface area (Å²) in [6.45, 7) is 4.19. The number of rotatable bonds is 9. The maximum Gasteiger partial charge on any atom is 0.410 e. The molecule has 2 amide bonds. The Hall–Kier alpha value is -3.38. The number of Topliss-reactive ketones (excluding diaryl/α,β-unsaturated/α-hetero) is 1. The van der Waals surface area contributed by atoms with Gasteiger partial charge in [-0.25, -0.2) is 13.6 Å². The Morgan fingerprint density at radius 3 is 2.10 bits per heavy atom. The van der Waals surface area contributed by atoms with E-state index in [0.29, 0.717) is 0 Å². The number of amides is 2. The minimum atomic E-state index is -1.84. The van der Waals surface area contributed by atoms with E-state index in [4.69, 9.17) is 14.2 Å². The van der Waals surface area contributed by atoms with Gasteiger partial charge < -0.3 is 24.4 Å². The fraction of sp³-hybridized carbons (Fsp3) is 0.630. The van der Waals surface area contributed by atoms with Gasteiger partial charge in [0.1, 0.15) is 24.4 Å². The Kier molecular flexibility index (Phi) is 10.4. The van der Waals surface area contributed by atoms with Crippen molar-refractivity contribution in [3.8, 4) is 5.75 Å². The van der Waals surface area contributed by atoms with Gasteiger partial charge in [-0.2, -0.15) is 8.78 Å². The van der Waals surface area contributed by atoms with Crippen LogP contribution >= 0.6 is 0 Å². The first-order valence-corrected chi connectivity index (χ1v) is 13.2. The third-order valence-electron chi connectivity index (χ3n) is 6.62. The predicted molar refractivity (Wildman–Crippen MR) is 132 cm³/mol. The van der Waals surface area contributed by atoms with Gasteiger partial charge in [-0.05, 0) is 59.3 Å². The van der Waals surface area contributed by atoms with Gasteiger partial charge in [-0.1, -0.05) is 0 Å². The van der Waals surface area contributed by atoms with Gasteiger partial charge in [-0.15, -0.1) is 0 Å². The topological polar surface area (TPSA) is 111 Å². The molecule has 1 N–H and O–H groups in total. The SMILES string of the molecule is CC(C)(C)OC(=O)C[C@H](NC(=O)C1CCN(C(=O)OC2CCCC2)CC1)C(=O)COc1c(F)c(F)cc(F)c1F. The maximum absolute atomic E-state index is 13.9. The normalized spacial score (nSPS) is 17.3. The highest BCUT2D eigenvalue weighted by atomic mass is 19.2. The van der Waals surface area contributed by atoms with Gasteiger partial charge in [-0.3, -0.25) is 14.4 Å². The molecule has 3 rings (SSSR count). The summed E-state index contributed by atoms with van der Waals surface area (Å²) < 4.78 is 70.3. The van der Waals surface area contributed by atoms with Crippen LogP contribution in [0.1, 0.15) is 65.7 Å². The Balaban J connectivity index is 1.62. The lowest BCUT2D eigenvalue weighted by Crippen LogP contribution is -2.49. The van der Waals surface area contributed by atoms with E-state index in [1.807, 2.05) is 0 Å². The van der Waals surface area contributed by atoms with Crippen LogP contribution in [0.15, 0.2) is 6.07 Å². The highest BCUT2D eigenvalue weighted by Gasteiger charge is 2.34. The fourth-order valence-corrected chi connectivity index (χ4v) is 4.55. The number of hydrogen-bond acceptors (Lipinski definition) is 7. The second kappa shape index (κ2) is 13.3. The first-order valence-electron chi connectivity index (χ1n) is 13.2. The molecule has 1 aromatic rings. The Bertz CT molecular complexity index is 1080. The van der Waals surface area contributed by atoms with E-state index in [2.05, 4.69) is 5.32 Å². The average Bonchev–Trinajstić information content (AvgIpc) is 3.39. The van der Waals surface area contributed by atoms with Crippen LogP contribution in [-0.4, -0.2) is 66.1 Å². The molecular weight excluding hydrogens is 540 g/mol. The van der Waals surface area contributed by atoms with Crippen molar-refractivity contribution >= 4 is 23.8 Å². The molecule has 13 heteroatoms. The van der Waals surface area contributed by atoms with Crippen molar-refractivity contribution in [3.63, 3.8) is 0 Å². The second-order valence-electron chi connectivity index (χ2n) is 11.0. The first kappa shape index (κ1) is 31.2. The molecule has 40 heavy (non-hydrogen) atoms. The monoisotopic (exact) mass is 574 g/mol. The molecule has 1 aromatic carbocycles. The van der Waals surface area contributed by atoms with Crippen molar-refractivity contribution in [3.05, 3.63) is 29.3 Å². The van der Waals surface area contributed by atoms with Crippen LogP contribution in [0, 0.1) is 29.2 Å². The molecule has 1 heterocycles. The number of halogens is 4. The third-order valence-corrected chi connectivity index (χ3v) is 6.62. The van der Waals surface area contributed by atoms with Crippen LogP contribution in [0.3, 0.4) is 0 Å². The van der Waals surface area contributed by atoms with E-state index in [9.17, 15) is 36.7 Å². The number of piperidine rings is 1. The van der Waals surface area contributed by atoms with E-state index in [1.54, 1.807) is 20.8 Å². The number of ether oxygens (including phenoxy) is 3. The number of nitrogens with zero attached hydrogens (tertiary/aromatic N) is 1. The smallest absolute Gasteiger partial charge is 0.410 e. The van der Waals surface area contributed by atoms with Gasteiger partial charge in [0.05, 0.1) is 6.42 Å². The molecule has 1 atom stereocenters. The lowest BCUT2D eigenvalue weighted by molar-refractivity contribution is -0.156. The zero-order chi connectivity index (χ0) is 29.6. The summed E-state index contributed by atoms with van der Waals surface area (Å²) in [7, 11) is 0. The van der Waals surface area contributed by atoms with Crippen LogP contribution in [0.4, 0.5) is 22.4 Å². The summed E-state index contributed by atoms with van der Waals surface area (Å²) >= 11 is 0. The van der Waals surface area contributed by atoms with Gasteiger partial charge in [0, 0.05) is 25.1 Å². The van der Waals surface area contributed by atoms with Gasteiger partial charge in [0.15, 0.2) is 23.2 Å². The number of likely N-dealkylation sites (tertiary alicyclic amines) is 1. The van der Waals surface area contributed by atoms with Crippen molar-refractivity contribution in [2.24, 2.45) is 5.92 Å². The van der Waals surface area contributed by atoms with E-state index in [1.165, 1.54) is 4.90 Å². The molecular formula is C27H34F4N2O7. The molecule has 0 spiro atoms. The molecule has 1 saturated heterocycles. The van der Waals surface area contributed by atoms with E-state index >= 15 is 0 Å². The summed E-state index contributed by atoms with van der Waals surface area (Å²) in [6.07, 6.45) is 3.07. The molecule has 222 valence electrons. The number of esters is 1. The van der Waals surface area contributed by atoms with Crippen LogP contribution in [0.25, 0.3) is 0 Å². The standard InChI is InChI=1S/C27H34F4N2O7/c1-27(2,3)40-21(35)13-19(20(34)14-38-24-22(30)17(28)12-18(29)23(24)31)32-25(36)15-8-10-33(11-9-15)26(37)39-16-6-4-5-7-16/h12,15-16,19H,4-11,13-14H2,1-3H3,(H,32,36)/t19-/m0/s1. The number of benzene rings is 1. The van der Waals surface area contributed by atoms with Gasteiger partial charge in [0.25, 0.3) is 0 Å². The number of ketones is 1. The molecule has 1 aliphatic carbocycles. The van der Waals surface area contributed by atoms with Crippen LogP contribution in [0.2, 0.25) is 0 Å². The van der Waals surface area contributed by atoms with E-state index in [0.717, 1.165) is 25.7 Å². The lowest BCUT2D eigenvalue weighted by Gasteiger charge is -2.32. The van der Waals surface area contributed by atoms with Crippen LogP contribution in [-0.2, 0) is 23.9 Å². The van der Waals surface area contributed by atoms with E-state index < -0.39 is 83.4 Å². The third kappa shape index (κ3) is 8.56. The minimum Gasteiger partial charge on any atom is -0.479 e. The Morgan fingerprint density at radius 2 is 1.55 bits per heavy atom. The maximum atomic E-state index is 13.9. The molecule has 9 nitrogen and oxygen atoms in total. The quantitative estimate of drug-likeness (QED) is 0.267. The van der Waals surface area contributed by atoms with Crippen molar-refractivity contribution in [1.29, 1.82) is 0 Å². The Labute approximate surface area is 229 Å². The van der Waals surface area contributed by atoms with Crippen LogP contribution < -0.4 is 10.1 Å². The lowest BCUT2D eigenvalue weighted by atomic mass is 9.95. The van der Waals surface area contributed by atoms with Gasteiger partial charge in [0.2, 0.25) is 17.5 Å². The number of carbonyl (C=O) groups excluding carboxylic acids is 4. The minimum absolute atomic E-state index is 0.00932. The van der Waals surface area contributed by atoms with Crippen molar-refractivity contribution in [1.82, 2.24) is 10.2 Å². The van der Waals surface area contributed by atoms with Gasteiger partial charge >= 0.3 is 12.1 Å². The molecule has 2 aliphatic rings. The molecule has 1 saturated carbocycles. The van der Waals surface area contributed by atoms with Crippen molar-refractivity contribution in [2.45, 2.75) is 83.5 Å². The summed E-state index contributed by atoms with van der Waals surface area (Å²) in [5, 5.41) is 2.45. The molecule has 0 radical (unpaired) electrons. The molecule has 1 aliphatic heterocycles. The summed E-state index contributed by atoms with van der Waals surface area (Å²) in [4.78, 5) is 52.2. The zero-order valence-corrected chi connectivity index (χ0v) is 22.7. The number of carbonyl (C=O) groups is 4. The predicted octanol–water partition coefficient (Wildman–Crippen LogP) is 4.20. The molecule has 0 bridgehead atoms. The highest BCUT2D eigenvalue weighted by Crippen LogP contribution is 2.27. The Morgan fingerprint density at radius 1 is 0.975 bits per heavy atom. The summed E-state index contributed by atoms with van der Waals surface area (Å²) in [5.74, 6) is -11.6. The zero-order valence-electron chi connectivity index (χ0n) is 22.7. The summed E-state index contributed by atoms with van der Waals surface area (Å²) in [5.41, 5.74) is -0.906. The molecule has 0 unspecified atom stereocenters. The second-order valence-corrected chi connectivity index (χ2v) is 11.0. The van der Waals surface area contributed by atoms with Crippen molar-refractivity contribution < 1.29 is 51.0 Å². The van der Waals surface area contributed by atoms with Crippen molar-refractivity contribution in [2.75, 3.05) is 19.7 Å². The van der Waals surface area contributed by atoms with Crippen LogP contribution in [0.5, 0.6) is 5.75 Å². The largest absolute Gasteiger partial charge is 0.479 e. The van der Waals surface area contributed by atoms with E-state index in [-0.39, 0.29) is 38.1 Å². The number of hydrogen-bond donors (Lipinski definition) is 1. The average molecular weight is 575 g/mol. The fourth-order valence-electron chi connectivity index (χ4n) is 4.55. The molecule has 2 fully saturated rings. The molecule has 0 aromatic heterocycles.